The maximum atomic E-state index is 12.0. The number of rotatable bonds is 3. The molecule has 1 N–H and O–H groups in total. The fourth-order valence-corrected chi connectivity index (χ4v) is 3.18. The molecule has 1 atom stereocenters. The van der Waals surface area contributed by atoms with Crippen LogP contribution in [0.3, 0.4) is 0 Å². The molecule has 0 unspecified atom stereocenters. The van der Waals surface area contributed by atoms with Crippen LogP contribution in [0.15, 0.2) is 11.4 Å². The molecule has 19 heavy (non-hydrogen) atoms. The predicted octanol–water partition coefficient (Wildman–Crippen LogP) is 2.35. The lowest BCUT2D eigenvalue weighted by molar-refractivity contribution is -0.139. The molecule has 0 aliphatic carbocycles. The number of hydrogen-bond donors (Lipinski definition) is 1. The summed E-state index contributed by atoms with van der Waals surface area (Å²) in [6.45, 7) is 1.42. The standard InChI is InChI=1S/C12H15F3N2OS/c1-8-9-3-5-19-10(9)2-4-17(8)6-11(18)16-7-12(13,14)15/h3,5,8H,2,4,6-7H2,1H3,(H,16,18)/t8-/m1/s1. The third kappa shape index (κ3) is 3.70. The Morgan fingerprint density at radius 1 is 1.58 bits per heavy atom. The Morgan fingerprint density at radius 3 is 3.00 bits per heavy atom. The average molecular weight is 292 g/mol. The molecule has 106 valence electrons. The van der Waals surface area contributed by atoms with Crippen LogP contribution in [0.5, 0.6) is 0 Å². The Hall–Kier alpha value is -1.08. The van der Waals surface area contributed by atoms with Gasteiger partial charge in [-0.15, -0.1) is 11.3 Å². The van der Waals surface area contributed by atoms with Crippen molar-refractivity contribution in [3.8, 4) is 0 Å². The van der Waals surface area contributed by atoms with Crippen molar-refractivity contribution in [3.05, 3.63) is 21.9 Å². The van der Waals surface area contributed by atoms with Crippen molar-refractivity contribution in [2.75, 3.05) is 19.6 Å². The van der Waals surface area contributed by atoms with Crippen molar-refractivity contribution in [1.29, 1.82) is 0 Å². The molecule has 2 heterocycles. The van der Waals surface area contributed by atoms with Crippen LogP contribution in [0.2, 0.25) is 0 Å². The fraction of sp³-hybridized carbons (Fsp3) is 0.583. The zero-order valence-electron chi connectivity index (χ0n) is 10.5. The highest BCUT2D eigenvalue weighted by molar-refractivity contribution is 7.10. The van der Waals surface area contributed by atoms with Crippen molar-refractivity contribution in [3.63, 3.8) is 0 Å². The molecule has 0 aromatic carbocycles. The summed E-state index contributed by atoms with van der Waals surface area (Å²) < 4.78 is 36.0. The highest BCUT2D eigenvalue weighted by Gasteiger charge is 2.29. The van der Waals surface area contributed by atoms with Crippen LogP contribution in [0.1, 0.15) is 23.4 Å². The van der Waals surface area contributed by atoms with Gasteiger partial charge in [0.05, 0.1) is 6.54 Å². The van der Waals surface area contributed by atoms with Crippen LogP contribution < -0.4 is 5.32 Å². The second-order valence-corrected chi connectivity index (χ2v) is 5.59. The first-order chi connectivity index (χ1) is 8.87. The molecule has 0 radical (unpaired) electrons. The molecule has 2 rings (SSSR count). The number of hydrogen-bond acceptors (Lipinski definition) is 3. The minimum Gasteiger partial charge on any atom is -0.346 e. The number of alkyl halides is 3. The molecule has 1 aromatic heterocycles. The average Bonchev–Trinajstić information content (AvgIpc) is 2.78. The lowest BCUT2D eigenvalue weighted by atomic mass is 10.0. The molecule has 3 nitrogen and oxygen atoms in total. The Balaban J connectivity index is 1.89. The van der Waals surface area contributed by atoms with E-state index in [-0.39, 0.29) is 12.6 Å². The number of amides is 1. The van der Waals surface area contributed by atoms with Gasteiger partial charge < -0.3 is 5.32 Å². The number of nitrogens with one attached hydrogen (secondary N) is 1. The number of carbonyl (C=O) groups is 1. The molecular formula is C12H15F3N2OS. The molecule has 1 aliphatic rings. The van der Waals surface area contributed by atoms with E-state index in [4.69, 9.17) is 0 Å². The first-order valence-corrected chi connectivity index (χ1v) is 6.88. The first kappa shape index (κ1) is 14.3. The van der Waals surface area contributed by atoms with E-state index in [9.17, 15) is 18.0 Å². The molecule has 7 heteroatoms. The van der Waals surface area contributed by atoms with Crippen molar-refractivity contribution >= 4 is 17.2 Å². The number of nitrogens with zero attached hydrogens (tertiary/aromatic N) is 1. The molecule has 1 aromatic rings. The monoisotopic (exact) mass is 292 g/mol. The zero-order chi connectivity index (χ0) is 14.0. The summed E-state index contributed by atoms with van der Waals surface area (Å²) in [5.74, 6) is -0.581. The number of carbonyl (C=O) groups excluding carboxylic acids is 1. The number of halogens is 3. The Labute approximate surface area is 113 Å². The minimum atomic E-state index is -4.36. The summed E-state index contributed by atoms with van der Waals surface area (Å²) in [5.41, 5.74) is 1.18. The highest BCUT2D eigenvalue weighted by atomic mass is 32.1. The van der Waals surface area contributed by atoms with Gasteiger partial charge in [0, 0.05) is 17.5 Å². The van der Waals surface area contributed by atoms with Crippen molar-refractivity contribution < 1.29 is 18.0 Å². The second kappa shape index (κ2) is 5.50. The van der Waals surface area contributed by atoms with Crippen molar-refractivity contribution in [1.82, 2.24) is 10.2 Å². The van der Waals surface area contributed by atoms with Crippen LogP contribution >= 0.6 is 11.3 Å². The van der Waals surface area contributed by atoms with Gasteiger partial charge >= 0.3 is 6.18 Å². The van der Waals surface area contributed by atoms with Gasteiger partial charge in [-0.1, -0.05) is 0 Å². The lowest BCUT2D eigenvalue weighted by Gasteiger charge is -2.32. The Morgan fingerprint density at radius 2 is 2.32 bits per heavy atom. The van der Waals surface area contributed by atoms with Gasteiger partial charge in [-0.2, -0.15) is 13.2 Å². The summed E-state index contributed by atoms with van der Waals surface area (Å²) in [4.78, 5) is 14.7. The van der Waals surface area contributed by atoms with E-state index in [1.165, 1.54) is 10.4 Å². The maximum absolute atomic E-state index is 12.0. The van der Waals surface area contributed by atoms with E-state index in [1.54, 1.807) is 11.3 Å². The third-order valence-electron chi connectivity index (χ3n) is 3.24. The van der Waals surface area contributed by atoms with Crippen LogP contribution in [0, 0.1) is 0 Å². The SMILES string of the molecule is C[C@@H]1c2ccsc2CCN1CC(=O)NCC(F)(F)F. The van der Waals surface area contributed by atoms with Crippen molar-refractivity contribution in [2.45, 2.75) is 25.6 Å². The number of fused-ring (bicyclic) bond motifs is 1. The quantitative estimate of drug-likeness (QED) is 0.927. The van der Waals surface area contributed by atoms with Crippen LogP contribution in [-0.2, 0) is 11.2 Å². The van der Waals surface area contributed by atoms with Gasteiger partial charge in [0.2, 0.25) is 5.91 Å². The number of thiophene rings is 1. The molecule has 1 aliphatic heterocycles. The largest absolute Gasteiger partial charge is 0.405 e. The van der Waals surface area contributed by atoms with E-state index >= 15 is 0 Å². The predicted molar refractivity (Wildman–Crippen MR) is 67.1 cm³/mol. The van der Waals surface area contributed by atoms with Crippen LogP contribution in [0.25, 0.3) is 0 Å². The molecule has 0 bridgehead atoms. The van der Waals surface area contributed by atoms with Crippen molar-refractivity contribution in [2.24, 2.45) is 0 Å². The first-order valence-electron chi connectivity index (χ1n) is 6.00. The summed E-state index contributed by atoms with van der Waals surface area (Å²) in [5, 5.41) is 3.91. The van der Waals surface area contributed by atoms with Gasteiger partial charge in [0.25, 0.3) is 0 Å². The molecule has 0 fully saturated rings. The maximum Gasteiger partial charge on any atom is 0.405 e. The van der Waals surface area contributed by atoms with Gasteiger partial charge in [-0.3, -0.25) is 9.69 Å². The minimum absolute atomic E-state index is 0.00648. The normalized spacial score (nSPS) is 20.1. The van der Waals surface area contributed by atoms with Gasteiger partial charge in [-0.05, 0) is 30.4 Å². The topological polar surface area (TPSA) is 32.3 Å². The smallest absolute Gasteiger partial charge is 0.346 e. The zero-order valence-corrected chi connectivity index (χ0v) is 11.3. The Kier molecular flexibility index (Phi) is 4.15. The second-order valence-electron chi connectivity index (χ2n) is 4.59. The Bertz CT molecular complexity index is 458. The highest BCUT2D eigenvalue weighted by Crippen LogP contribution is 2.32. The summed E-state index contributed by atoms with van der Waals surface area (Å²) in [7, 11) is 0. The third-order valence-corrected chi connectivity index (χ3v) is 4.23. The molecular weight excluding hydrogens is 277 g/mol. The van der Waals surface area contributed by atoms with Gasteiger partial charge in [-0.25, -0.2) is 0 Å². The molecule has 0 saturated carbocycles. The lowest BCUT2D eigenvalue weighted by Crippen LogP contribution is -2.43. The van der Waals surface area contributed by atoms with E-state index < -0.39 is 18.6 Å². The van der Waals surface area contributed by atoms with E-state index in [1.807, 2.05) is 28.6 Å². The molecule has 1 amide bonds. The van der Waals surface area contributed by atoms with E-state index in [0.717, 1.165) is 6.42 Å². The molecule has 0 saturated heterocycles. The summed E-state index contributed by atoms with van der Waals surface area (Å²) in [6, 6.07) is 2.09. The fourth-order valence-electron chi connectivity index (χ4n) is 2.22. The van der Waals surface area contributed by atoms with Crippen LogP contribution in [0.4, 0.5) is 13.2 Å². The van der Waals surface area contributed by atoms with Gasteiger partial charge in [0.1, 0.15) is 6.54 Å². The summed E-state index contributed by atoms with van der Waals surface area (Å²) >= 11 is 1.69. The van der Waals surface area contributed by atoms with Crippen LogP contribution in [-0.4, -0.2) is 36.6 Å². The van der Waals surface area contributed by atoms with E-state index in [0.29, 0.717) is 6.54 Å². The van der Waals surface area contributed by atoms with Gasteiger partial charge in [0.15, 0.2) is 0 Å². The van der Waals surface area contributed by atoms with E-state index in [2.05, 4.69) is 0 Å². The molecule has 0 spiro atoms. The summed E-state index contributed by atoms with van der Waals surface area (Å²) in [6.07, 6.45) is -3.51.